The van der Waals surface area contributed by atoms with Crippen LogP contribution in [0.4, 0.5) is 5.69 Å². The third kappa shape index (κ3) is 2.35. The summed E-state index contributed by atoms with van der Waals surface area (Å²) < 4.78 is 11.5. The summed E-state index contributed by atoms with van der Waals surface area (Å²) in [6, 6.07) is 8.05. The number of hydrogen-bond acceptors (Lipinski definition) is 5. The number of fused-ring (bicyclic) bond motifs is 2. The summed E-state index contributed by atoms with van der Waals surface area (Å²) in [5, 5.41) is 0.738. The fraction of sp³-hybridized carbons (Fsp3) is 0.125. The predicted molar refractivity (Wildman–Crippen MR) is 88.1 cm³/mol. The highest BCUT2D eigenvalue weighted by Crippen LogP contribution is 2.25. The van der Waals surface area contributed by atoms with Gasteiger partial charge in [0.25, 0.3) is 0 Å². The normalized spacial score (nSPS) is 11.0. The molecule has 0 atom stereocenters. The van der Waals surface area contributed by atoms with Crippen LogP contribution in [0.1, 0.15) is 17.3 Å². The number of ether oxygens (including phenoxy) is 1. The molecule has 0 saturated heterocycles. The van der Waals surface area contributed by atoms with Gasteiger partial charge in [-0.3, -0.25) is 4.79 Å². The van der Waals surface area contributed by atoms with Crippen molar-refractivity contribution in [3.8, 4) is 0 Å². The molecule has 0 unspecified atom stereocenters. The summed E-state index contributed by atoms with van der Waals surface area (Å²) in [4.78, 5) is 24.5. The summed E-state index contributed by atoms with van der Waals surface area (Å²) in [7, 11) is 0. The molecule has 0 aliphatic carbocycles. The SMILES string of the molecule is CCOC(=O)c1cc2c(=O)c3ccc(Br)cc3oc2cc1N. The number of hydrogen-bond donors (Lipinski definition) is 1. The lowest BCUT2D eigenvalue weighted by Gasteiger charge is -2.07. The lowest BCUT2D eigenvalue weighted by atomic mass is 10.1. The van der Waals surface area contributed by atoms with Gasteiger partial charge >= 0.3 is 5.97 Å². The van der Waals surface area contributed by atoms with Crippen molar-refractivity contribution >= 4 is 49.5 Å². The van der Waals surface area contributed by atoms with E-state index in [1.165, 1.54) is 12.1 Å². The Morgan fingerprint density at radius 3 is 2.68 bits per heavy atom. The summed E-state index contributed by atoms with van der Waals surface area (Å²) in [6.45, 7) is 1.94. The summed E-state index contributed by atoms with van der Waals surface area (Å²) in [6.07, 6.45) is 0. The minimum absolute atomic E-state index is 0.165. The molecule has 0 radical (unpaired) electrons. The molecule has 0 spiro atoms. The van der Waals surface area contributed by atoms with Crippen molar-refractivity contribution < 1.29 is 13.9 Å². The number of halogens is 1. The molecular weight excluding hydrogens is 350 g/mol. The summed E-state index contributed by atoms with van der Waals surface area (Å²) >= 11 is 3.34. The standard InChI is InChI=1S/C16H12BrNO4/c1-2-21-16(20)10-6-11-14(7-12(10)18)22-13-5-8(17)3-4-9(13)15(11)19/h3-7H,2,18H2,1H3. The molecule has 1 heterocycles. The van der Waals surface area contributed by atoms with Crippen LogP contribution in [-0.2, 0) is 4.74 Å². The molecule has 112 valence electrons. The van der Waals surface area contributed by atoms with Crippen molar-refractivity contribution in [2.24, 2.45) is 0 Å². The molecule has 0 aliphatic heterocycles. The second-order valence-corrected chi connectivity index (χ2v) is 5.64. The van der Waals surface area contributed by atoms with Crippen molar-refractivity contribution in [3.63, 3.8) is 0 Å². The Hall–Kier alpha value is -2.34. The van der Waals surface area contributed by atoms with Crippen molar-refractivity contribution in [2.75, 3.05) is 12.3 Å². The Bertz CT molecular complexity index is 962. The average Bonchev–Trinajstić information content (AvgIpc) is 2.46. The number of rotatable bonds is 2. The largest absolute Gasteiger partial charge is 0.462 e. The van der Waals surface area contributed by atoms with Crippen LogP contribution in [0.2, 0.25) is 0 Å². The Morgan fingerprint density at radius 1 is 1.23 bits per heavy atom. The van der Waals surface area contributed by atoms with Gasteiger partial charge in [-0.2, -0.15) is 0 Å². The summed E-state index contributed by atoms with van der Waals surface area (Å²) in [5.74, 6) is -0.558. The molecule has 2 aromatic carbocycles. The van der Waals surface area contributed by atoms with Crippen LogP contribution in [0.5, 0.6) is 0 Å². The zero-order valence-corrected chi connectivity index (χ0v) is 13.3. The lowest BCUT2D eigenvalue weighted by Crippen LogP contribution is -2.10. The topological polar surface area (TPSA) is 82.5 Å². The van der Waals surface area contributed by atoms with E-state index >= 15 is 0 Å². The molecule has 5 nitrogen and oxygen atoms in total. The number of anilines is 1. The predicted octanol–water partition coefficient (Wildman–Crippen LogP) is 3.47. The van der Waals surface area contributed by atoms with Crippen molar-refractivity contribution in [1.82, 2.24) is 0 Å². The maximum absolute atomic E-state index is 12.6. The van der Waals surface area contributed by atoms with Crippen LogP contribution in [0.15, 0.2) is 44.0 Å². The lowest BCUT2D eigenvalue weighted by molar-refractivity contribution is 0.0528. The molecule has 0 saturated carbocycles. The highest BCUT2D eigenvalue weighted by Gasteiger charge is 2.16. The maximum atomic E-state index is 12.6. The summed E-state index contributed by atoms with van der Waals surface area (Å²) in [5.41, 5.74) is 6.82. The third-order valence-electron chi connectivity index (χ3n) is 3.30. The Morgan fingerprint density at radius 2 is 1.95 bits per heavy atom. The quantitative estimate of drug-likeness (QED) is 0.429. The number of nitrogens with two attached hydrogens (primary N) is 1. The van der Waals surface area contributed by atoms with Crippen molar-refractivity contribution in [2.45, 2.75) is 6.92 Å². The van der Waals surface area contributed by atoms with Crippen LogP contribution in [0.3, 0.4) is 0 Å². The van der Waals surface area contributed by atoms with Gasteiger partial charge < -0.3 is 14.9 Å². The minimum Gasteiger partial charge on any atom is -0.462 e. The van der Waals surface area contributed by atoms with Gasteiger partial charge in [-0.05, 0) is 31.2 Å². The van der Waals surface area contributed by atoms with E-state index in [0.29, 0.717) is 21.9 Å². The first-order chi connectivity index (χ1) is 10.5. The third-order valence-corrected chi connectivity index (χ3v) is 3.79. The molecule has 0 fully saturated rings. The molecule has 2 N–H and O–H groups in total. The van der Waals surface area contributed by atoms with E-state index in [9.17, 15) is 9.59 Å². The van der Waals surface area contributed by atoms with Crippen LogP contribution < -0.4 is 11.2 Å². The molecule has 0 aliphatic rings. The van der Waals surface area contributed by atoms with E-state index in [-0.39, 0.29) is 23.3 Å². The van der Waals surface area contributed by atoms with Crippen LogP contribution in [0, 0.1) is 0 Å². The first-order valence-corrected chi connectivity index (χ1v) is 7.43. The van der Waals surface area contributed by atoms with Gasteiger partial charge in [-0.15, -0.1) is 0 Å². The van der Waals surface area contributed by atoms with Crippen molar-refractivity contribution in [3.05, 3.63) is 50.6 Å². The van der Waals surface area contributed by atoms with E-state index in [1.807, 2.05) is 0 Å². The highest BCUT2D eigenvalue weighted by molar-refractivity contribution is 9.10. The van der Waals surface area contributed by atoms with Crippen molar-refractivity contribution in [1.29, 1.82) is 0 Å². The highest BCUT2D eigenvalue weighted by atomic mass is 79.9. The van der Waals surface area contributed by atoms with Gasteiger partial charge in [-0.1, -0.05) is 15.9 Å². The van der Waals surface area contributed by atoms with Gasteiger partial charge in [-0.25, -0.2) is 4.79 Å². The molecule has 22 heavy (non-hydrogen) atoms. The van der Waals surface area contributed by atoms with Gasteiger partial charge in [0.1, 0.15) is 11.2 Å². The first kappa shape index (κ1) is 14.6. The van der Waals surface area contributed by atoms with Crippen LogP contribution >= 0.6 is 15.9 Å². The van der Waals surface area contributed by atoms with E-state index in [2.05, 4.69) is 15.9 Å². The van der Waals surface area contributed by atoms with Gasteiger partial charge in [0, 0.05) is 16.2 Å². The molecule has 3 aromatic rings. The molecule has 6 heteroatoms. The average molecular weight is 362 g/mol. The molecule has 1 aromatic heterocycles. The second-order valence-electron chi connectivity index (χ2n) is 4.73. The zero-order valence-electron chi connectivity index (χ0n) is 11.7. The monoisotopic (exact) mass is 361 g/mol. The molecule has 0 bridgehead atoms. The van der Waals surface area contributed by atoms with Crippen LogP contribution in [-0.4, -0.2) is 12.6 Å². The van der Waals surface area contributed by atoms with Gasteiger partial charge in [0.15, 0.2) is 0 Å². The van der Waals surface area contributed by atoms with E-state index in [1.54, 1.807) is 25.1 Å². The first-order valence-electron chi connectivity index (χ1n) is 6.64. The Balaban J connectivity index is 2.34. The number of carbonyl (C=O) groups is 1. The minimum atomic E-state index is -0.558. The number of benzene rings is 2. The van der Waals surface area contributed by atoms with E-state index in [4.69, 9.17) is 14.9 Å². The smallest absolute Gasteiger partial charge is 0.340 e. The van der Waals surface area contributed by atoms with Crippen LogP contribution in [0.25, 0.3) is 21.9 Å². The number of nitrogen functional groups attached to an aromatic ring is 1. The fourth-order valence-corrected chi connectivity index (χ4v) is 2.61. The Kier molecular flexibility index (Phi) is 3.62. The number of carbonyl (C=O) groups excluding carboxylic acids is 1. The van der Waals surface area contributed by atoms with E-state index < -0.39 is 5.97 Å². The molecular formula is C16H12BrNO4. The molecule has 0 amide bonds. The second kappa shape index (κ2) is 5.46. The van der Waals surface area contributed by atoms with Gasteiger partial charge in [0.05, 0.1) is 22.9 Å². The Labute approximate surface area is 133 Å². The zero-order chi connectivity index (χ0) is 15.9. The maximum Gasteiger partial charge on any atom is 0.340 e. The number of esters is 1. The fourth-order valence-electron chi connectivity index (χ4n) is 2.27. The molecule has 3 rings (SSSR count). The van der Waals surface area contributed by atoms with Gasteiger partial charge in [0.2, 0.25) is 5.43 Å². The van der Waals surface area contributed by atoms with E-state index in [0.717, 1.165) is 4.47 Å².